The molecule has 0 heterocycles. The predicted molar refractivity (Wildman–Crippen MR) is 88.9 cm³/mol. The first-order valence-corrected chi connectivity index (χ1v) is 9.37. The molecule has 0 radical (unpaired) electrons. The van der Waals surface area contributed by atoms with Crippen LogP contribution < -0.4 is 9.47 Å². The van der Waals surface area contributed by atoms with Gasteiger partial charge in [-0.05, 0) is 36.4 Å². The fourth-order valence-corrected chi connectivity index (χ4v) is 2.36. The Morgan fingerprint density at radius 3 is 2.19 bits per heavy atom. The van der Waals surface area contributed by atoms with Crippen LogP contribution in [0.2, 0.25) is 0 Å². The molecule has 0 fully saturated rings. The molecule has 0 aliphatic carbocycles. The Labute approximate surface area is 149 Å². The molecule has 0 spiro atoms. The van der Waals surface area contributed by atoms with Crippen molar-refractivity contribution < 1.29 is 35.2 Å². The van der Waals surface area contributed by atoms with Crippen molar-refractivity contribution in [3.05, 3.63) is 54.1 Å². The monoisotopic (exact) mass is 390 g/mol. The lowest BCUT2D eigenvalue weighted by molar-refractivity contribution is -0.137. The van der Waals surface area contributed by atoms with E-state index in [9.17, 15) is 21.6 Å². The molecule has 5 nitrogen and oxygen atoms in total. The Morgan fingerprint density at radius 2 is 1.58 bits per heavy atom. The molecular formula is C17H17F3O5S. The second kappa shape index (κ2) is 8.41. The molecule has 0 bridgehead atoms. The minimum atomic E-state index is -4.40. The van der Waals surface area contributed by atoms with E-state index < -0.39 is 21.9 Å². The van der Waals surface area contributed by atoms with Gasteiger partial charge in [0.15, 0.2) is 0 Å². The second-order valence-electron chi connectivity index (χ2n) is 5.33. The summed E-state index contributed by atoms with van der Waals surface area (Å²) < 4.78 is 74.8. The lowest BCUT2D eigenvalue weighted by Gasteiger charge is -2.10. The largest absolute Gasteiger partial charge is 0.493 e. The standard InChI is InChI=1S/C17H17F3O5S/c1-26(21,22)24-11-3-10-23-15-4-2-5-16(12-15)25-14-8-6-13(7-9-14)17(18,19)20/h2,4-9,12H,3,10-11H2,1H3. The van der Waals surface area contributed by atoms with Gasteiger partial charge in [-0.1, -0.05) is 6.07 Å². The number of alkyl halides is 3. The van der Waals surface area contributed by atoms with Crippen LogP contribution in [0.4, 0.5) is 13.2 Å². The first kappa shape index (κ1) is 20.1. The molecule has 0 atom stereocenters. The number of rotatable bonds is 8. The summed E-state index contributed by atoms with van der Waals surface area (Å²) in [5.41, 5.74) is -0.752. The van der Waals surface area contributed by atoms with Crippen LogP contribution in [0, 0.1) is 0 Å². The summed E-state index contributed by atoms with van der Waals surface area (Å²) in [5, 5.41) is 0. The number of benzene rings is 2. The van der Waals surface area contributed by atoms with Crippen molar-refractivity contribution in [2.45, 2.75) is 12.6 Å². The Balaban J connectivity index is 1.88. The van der Waals surface area contributed by atoms with E-state index in [1.807, 2.05) is 0 Å². The van der Waals surface area contributed by atoms with Gasteiger partial charge in [-0.2, -0.15) is 21.6 Å². The van der Waals surface area contributed by atoms with Gasteiger partial charge in [0.05, 0.1) is 25.0 Å². The van der Waals surface area contributed by atoms with Crippen LogP contribution in [0.5, 0.6) is 17.2 Å². The van der Waals surface area contributed by atoms with E-state index in [0.29, 0.717) is 17.9 Å². The fourth-order valence-electron chi connectivity index (χ4n) is 1.93. The third-order valence-corrected chi connectivity index (χ3v) is 3.67. The van der Waals surface area contributed by atoms with Crippen molar-refractivity contribution in [3.8, 4) is 17.2 Å². The molecule has 0 aromatic heterocycles. The highest BCUT2D eigenvalue weighted by Crippen LogP contribution is 2.32. The Morgan fingerprint density at radius 1 is 0.923 bits per heavy atom. The average molecular weight is 390 g/mol. The molecule has 0 N–H and O–H groups in total. The molecule has 142 valence electrons. The Bertz CT molecular complexity index is 817. The molecule has 0 saturated heterocycles. The van der Waals surface area contributed by atoms with Gasteiger partial charge in [0.1, 0.15) is 17.2 Å². The maximum Gasteiger partial charge on any atom is 0.416 e. The number of hydrogen-bond donors (Lipinski definition) is 0. The van der Waals surface area contributed by atoms with Crippen molar-refractivity contribution in [2.24, 2.45) is 0 Å². The Hall–Kier alpha value is -2.26. The van der Waals surface area contributed by atoms with Gasteiger partial charge in [-0.15, -0.1) is 0 Å². The predicted octanol–water partition coefficient (Wildman–Crippen LogP) is 4.24. The molecule has 2 aromatic rings. The van der Waals surface area contributed by atoms with Gasteiger partial charge < -0.3 is 9.47 Å². The molecule has 26 heavy (non-hydrogen) atoms. The van der Waals surface area contributed by atoms with Gasteiger partial charge in [-0.3, -0.25) is 4.18 Å². The molecular weight excluding hydrogens is 373 g/mol. The number of ether oxygens (including phenoxy) is 2. The van der Waals surface area contributed by atoms with Gasteiger partial charge in [0, 0.05) is 12.5 Å². The zero-order valence-corrected chi connectivity index (χ0v) is 14.6. The molecule has 0 aliphatic heterocycles. The lowest BCUT2D eigenvalue weighted by atomic mass is 10.2. The van der Waals surface area contributed by atoms with E-state index in [0.717, 1.165) is 18.4 Å². The lowest BCUT2D eigenvalue weighted by Crippen LogP contribution is -2.07. The third kappa shape index (κ3) is 6.93. The maximum absolute atomic E-state index is 12.5. The van der Waals surface area contributed by atoms with Crippen LogP contribution in [-0.4, -0.2) is 27.9 Å². The minimum absolute atomic E-state index is 0.0145. The summed E-state index contributed by atoms with van der Waals surface area (Å²) >= 11 is 0. The van der Waals surface area contributed by atoms with Crippen LogP contribution in [0.1, 0.15) is 12.0 Å². The molecule has 0 saturated carbocycles. The molecule has 0 amide bonds. The molecule has 0 aliphatic rings. The zero-order chi connectivity index (χ0) is 19.2. The van der Waals surface area contributed by atoms with Crippen LogP contribution in [-0.2, 0) is 20.5 Å². The fraction of sp³-hybridized carbons (Fsp3) is 0.294. The summed E-state index contributed by atoms with van der Waals surface area (Å²) in [4.78, 5) is 0. The van der Waals surface area contributed by atoms with Gasteiger partial charge >= 0.3 is 6.18 Å². The topological polar surface area (TPSA) is 61.8 Å². The van der Waals surface area contributed by atoms with Crippen molar-refractivity contribution in [1.82, 2.24) is 0 Å². The first-order chi connectivity index (χ1) is 12.1. The van der Waals surface area contributed by atoms with E-state index in [1.54, 1.807) is 24.3 Å². The third-order valence-electron chi connectivity index (χ3n) is 3.08. The number of halogens is 3. The van der Waals surface area contributed by atoms with E-state index in [2.05, 4.69) is 4.18 Å². The second-order valence-corrected chi connectivity index (χ2v) is 6.97. The SMILES string of the molecule is CS(=O)(=O)OCCCOc1cccc(Oc2ccc(C(F)(F)F)cc2)c1. The molecule has 2 aromatic carbocycles. The van der Waals surface area contributed by atoms with Crippen LogP contribution in [0.15, 0.2) is 48.5 Å². The smallest absolute Gasteiger partial charge is 0.416 e. The zero-order valence-electron chi connectivity index (χ0n) is 13.8. The first-order valence-electron chi connectivity index (χ1n) is 7.56. The summed E-state index contributed by atoms with van der Waals surface area (Å²) in [6, 6.07) is 10.9. The van der Waals surface area contributed by atoms with Crippen molar-refractivity contribution in [1.29, 1.82) is 0 Å². The number of hydrogen-bond acceptors (Lipinski definition) is 5. The van der Waals surface area contributed by atoms with Crippen molar-refractivity contribution in [2.75, 3.05) is 19.5 Å². The van der Waals surface area contributed by atoms with E-state index in [1.165, 1.54) is 12.1 Å². The normalized spacial score (nSPS) is 12.0. The van der Waals surface area contributed by atoms with Crippen LogP contribution in [0.25, 0.3) is 0 Å². The summed E-state index contributed by atoms with van der Waals surface area (Å²) in [6.07, 6.45) is -3.06. The molecule has 9 heteroatoms. The van der Waals surface area contributed by atoms with Crippen LogP contribution >= 0.6 is 0 Å². The van der Waals surface area contributed by atoms with Gasteiger partial charge in [0.2, 0.25) is 0 Å². The average Bonchev–Trinajstić information content (AvgIpc) is 2.53. The maximum atomic E-state index is 12.5. The highest BCUT2D eigenvalue weighted by Gasteiger charge is 2.30. The van der Waals surface area contributed by atoms with E-state index >= 15 is 0 Å². The van der Waals surface area contributed by atoms with Crippen molar-refractivity contribution >= 4 is 10.1 Å². The van der Waals surface area contributed by atoms with E-state index in [4.69, 9.17) is 9.47 Å². The summed E-state index contributed by atoms with van der Waals surface area (Å²) in [7, 11) is -3.47. The molecule has 2 rings (SSSR count). The van der Waals surface area contributed by atoms with Gasteiger partial charge in [-0.25, -0.2) is 0 Å². The quantitative estimate of drug-likeness (QED) is 0.498. The van der Waals surface area contributed by atoms with E-state index in [-0.39, 0.29) is 19.0 Å². The van der Waals surface area contributed by atoms with Crippen LogP contribution in [0.3, 0.4) is 0 Å². The highest BCUT2D eigenvalue weighted by atomic mass is 32.2. The Kier molecular flexibility index (Phi) is 6.49. The summed E-state index contributed by atoms with van der Waals surface area (Å²) in [5.74, 6) is 1.14. The minimum Gasteiger partial charge on any atom is -0.493 e. The van der Waals surface area contributed by atoms with Gasteiger partial charge in [0.25, 0.3) is 10.1 Å². The van der Waals surface area contributed by atoms with Crippen molar-refractivity contribution in [3.63, 3.8) is 0 Å². The highest BCUT2D eigenvalue weighted by molar-refractivity contribution is 7.85. The molecule has 0 unspecified atom stereocenters. The summed E-state index contributed by atoms with van der Waals surface area (Å²) in [6.45, 7) is 0.250.